The van der Waals surface area contributed by atoms with Crippen LogP contribution in [-0.4, -0.2) is 52.3 Å². The van der Waals surface area contributed by atoms with Crippen LogP contribution in [0.2, 0.25) is 0 Å². The third kappa shape index (κ3) is 5.04. The van der Waals surface area contributed by atoms with Crippen LogP contribution >= 0.6 is 0 Å². The summed E-state index contributed by atoms with van der Waals surface area (Å²) >= 11 is 0. The molecule has 0 aromatic rings. The zero-order chi connectivity index (χ0) is 13.6. The van der Waals surface area contributed by atoms with E-state index in [0.29, 0.717) is 0 Å². The molecular weight excluding hydrogens is 224 g/mol. The average Bonchev–Trinajstić information content (AvgIpc) is 2.27. The Balaban J connectivity index is 4.07. The Bertz CT molecular complexity index is 279. The molecule has 0 saturated heterocycles. The fraction of sp³-hybridized carbons (Fsp3) is 0.818. The minimum absolute atomic E-state index is 0.00146. The molecule has 0 unspecified atom stereocenters. The Labute approximate surface area is 102 Å². The van der Waals surface area contributed by atoms with E-state index in [1.165, 1.54) is 0 Å². The minimum atomic E-state index is -1.43. The molecule has 0 bridgehead atoms. The summed E-state index contributed by atoms with van der Waals surface area (Å²) in [6, 6.07) is -0.269. The highest BCUT2D eigenvalue weighted by Crippen LogP contribution is 2.15. The van der Waals surface area contributed by atoms with Gasteiger partial charge in [0.25, 0.3) is 0 Å². The molecule has 0 saturated carbocycles. The van der Waals surface area contributed by atoms with Gasteiger partial charge in [-0.3, -0.25) is 0 Å². The quantitative estimate of drug-likeness (QED) is 0.642. The van der Waals surface area contributed by atoms with Crippen molar-refractivity contribution in [1.29, 1.82) is 0 Å². The zero-order valence-corrected chi connectivity index (χ0v) is 10.9. The normalized spacial score (nSPS) is 13.0. The summed E-state index contributed by atoms with van der Waals surface area (Å²) in [5, 5.41) is 20.0. The predicted molar refractivity (Wildman–Crippen MR) is 63.8 cm³/mol. The minimum Gasteiger partial charge on any atom is -0.479 e. The Morgan fingerprint density at radius 3 is 2.35 bits per heavy atom. The lowest BCUT2D eigenvalue weighted by Crippen LogP contribution is -2.49. The van der Waals surface area contributed by atoms with Gasteiger partial charge >= 0.3 is 12.0 Å². The first kappa shape index (κ1) is 15.7. The molecular formula is C11H22N2O4. The van der Waals surface area contributed by atoms with E-state index >= 15 is 0 Å². The summed E-state index contributed by atoms with van der Waals surface area (Å²) in [4.78, 5) is 23.6. The maximum absolute atomic E-state index is 11.7. The first-order valence-electron chi connectivity index (χ1n) is 5.65. The lowest BCUT2D eigenvalue weighted by Gasteiger charge is -2.34. The molecule has 0 aromatic carbocycles. The van der Waals surface area contributed by atoms with Crippen molar-refractivity contribution in [2.24, 2.45) is 0 Å². The number of carbonyl (C=O) groups excluding carboxylic acids is 1. The molecule has 100 valence electrons. The first-order chi connectivity index (χ1) is 7.72. The van der Waals surface area contributed by atoms with Crippen LogP contribution in [0.5, 0.6) is 0 Å². The highest BCUT2D eigenvalue weighted by Gasteiger charge is 2.25. The van der Waals surface area contributed by atoms with Crippen LogP contribution in [0.25, 0.3) is 0 Å². The van der Waals surface area contributed by atoms with E-state index < -0.39 is 12.1 Å². The van der Waals surface area contributed by atoms with Gasteiger partial charge in [-0.25, -0.2) is 9.59 Å². The summed E-state index contributed by atoms with van der Waals surface area (Å²) in [5.41, 5.74) is -0.254. The Morgan fingerprint density at radius 2 is 1.94 bits per heavy atom. The van der Waals surface area contributed by atoms with Crippen LogP contribution in [0.1, 0.15) is 33.6 Å². The third-order valence-electron chi connectivity index (χ3n) is 3.06. The number of urea groups is 1. The van der Waals surface area contributed by atoms with Gasteiger partial charge in [0, 0.05) is 25.6 Å². The Morgan fingerprint density at radius 1 is 1.41 bits per heavy atom. The van der Waals surface area contributed by atoms with Gasteiger partial charge in [0.2, 0.25) is 0 Å². The number of rotatable bonds is 6. The van der Waals surface area contributed by atoms with E-state index in [2.05, 4.69) is 5.32 Å². The van der Waals surface area contributed by atoms with Crippen molar-refractivity contribution in [1.82, 2.24) is 10.2 Å². The molecule has 3 N–H and O–H groups in total. The molecule has 0 spiro atoms. The second-order valence-corrected chi connectivity index (χ2v) is 4.60. The Kier molecular flexibility index (Phi) is 5.95. The molecule has 0 rings (SSSR count). The van der Waals surface area contributed by atoms with Gasteiger partial charge in [0.05, 0.1) is 0 Å². The van der Waals surface area contributed by atoms with Crippen molar-refractivity contribution in [2.75, 3.05) is 13.6 Å². The molecule has 0 aliphatic carbocycles. The molecule has 0 aromatic heterocycles. The van der Waals surface area contributed by atoms with Crippen molar-refractivity contribution >= 4 is 12.0 Å². The first-order valence-corrected chi connectivity index (χ1v) is 5.65. The number of aliphatic carboxylic acids is 1. The SMILES string of the molecule is CCC(C)(C)N(C)C(=O)NCC[C@H](O)C(=O)O. The molecule has 0 radical (unpaired) electrons. The summed E-state index contributed by atoms with van der Waals surface area (Å²) in [5.74, 6) is -1.28. The number of aliphatic hydroxyl groups excluding tert-OH is 1. The number of aliphatic hydroxyl groups is 1. The fourth-order valence-corrected chi connectivity index (χ4v) is 1.07. The van der Waals surface area contributed by atoms with Crippen molar-refractivity contribution in [3.8, 4) is 0 Å². The second-order valence-electron chi connectivity index (χ2n) is 4.60. The molecule has 0 heterocycles. The molecule has 1 atom stereocenters. The van der Waals surface area contributed by atoms with Gasteiger partial charge in [-0.2, -0.15) is 0 Å². The number of nitrogens with one attached hydrogen (secondary N) is 1. The van der Waals surface area contributed by atoms with E-state index in [4.69, 9.17) is 10.2 Å². The number of carboxylic acid groups (broad SMARTS) is 1. The smallest absolute Gasteiger partial charge is 0.332 e. The van der Waals surface area contributed by atoms with Gasteiger partial charge in [-0.15, -0.1) is 0 Å². The number of nitrogens with zero attached hydrogens (tertiary/aromatic N) is 1. The number of hydrogen-bond donors (Lipinski definition) is 3. The van der Waals surface area contributed by atoms with E-state index in [9.17, 15) is 9.59 Å². The zero-order valence-electron chi connectivity index (χ0n) is 10.9. The van der Waals surface area contributed by atoms with E-state index in [0.717, 1.165) is 6.42 Å². The second kappa shape index (κ2) is 6.44. The van der Waals surface area contributed by atoms with Crippen LogP contribution in [0.3, 0.4) is 0 Å². The van der Waals surface area contributed by atoms with Gasteiger partial charge < -0.3 is 20.4 Å². The highest BCUT2D eigenvalue weighted by molar-refractivity contribution is 5.75. The third-order valence-corrected chi connectivity index (χ3v) is 3.06. The van der Waals surface area contributed by atoms with Gasteiger partial charge in [0.15, 0.2) is 6.10 Å². The van der Waals surface area contributed by atoms with Crippen LogP contribution in [0, 0.1) is 0 Å². The van der Waals surface area contributed by atoms with Crippen LogP contribution < -0.4 is 5.32 Å². The van der Waals surface area contributed by atoms with Gasteiger partial charge in [-0.1, -0.05) is 6.92 Å². The van der Waals surface area contributed by atoms with E-state index in [1.54, 1.807) is 11.9 Å². The monoisotopic (exact) mass is 246 g/mol. The van der Waals surface area contributed by atoms with Crippen LogP contribution in [0.4, 0.5) is 4.79 Å². The van der Waals surface area contributed by atoms with Crippen molar-refractivity contribution in [2.45, 2.75) is 45.3 Å². The molecule has 2 amide bonds. The topological polar surface area (TPSA) is 89.9 Å². The van der Waals surface area contributed by atoms with Gasteiger partial charge in [-0.05, 0) is 20.3 Å². The lowest BCUT2D eigenvalue weighted by atomic mass is 10.0. The van der Waals surface area contributed by atoms with E-state index in [1.807, 2.05) is 20.8 Å². The molecule has 0 fully saturated rings. The van der Waals surface area contributed by atoms with Crippen molar-refractivity contribution < 1.29 is 19.8 Å². The highest BCUT2D eigenvalue weighted by atomic mass is 16.4. The van der Waals surface area contributed by atoms with Crippen LogP contribution in [-0.2, 0) is 4.79 Å². The standard InChI is InChI=1S/C11H22N2O4/c1-5-11(2,3)13(4)10(17)12-7-6-8(14)9(15)16/h8,14H,5-7H2,1-4H3,(H,12,17)(H,15,16)/t8-/m0/s1. The summed E-state index contributed by atoms with van der Waals surface area (Å²) in [7, 11) is 1.69. The molecule has 0 aliphatic rings. The molecule has 6 heteroatoms. The number of carboxylic acids is 1. The number of amides is 2. The number of hydrogen-bond acceptors (Lipinski definition) is 3. The lowest BCUT2D eigenvalue weighted by molar-refractivity contribution is -0.146. The van der Waals surface area contributed by atoms with Gasteiger partial charge in [0.1, 0.15) is 0 Å². The number of carbonyl (C=O) groups is 2. The summed E-state index contributed by atoms with van der Waals surface area (Å²) < 4.78 is 0. The Hall–Kier alpha value is -1.30. The van der Waals surface area contributed by atoms with E-state index in [-0.39, 0.29) is 24.5 Å². The maximum atomic E-state index is 11.7. The average molecular weight is 246 g/mol. The molecule has 0 aliphatic heterocycles. The largest absolute Gasteiger partial charge is 0.479 e. The molecule has 17 heavy (non-hydrogen) atoms. The predicted octanol–water partition coefficient (Wildman–Crippen LogP) is 0.652. The summed E-state index contributed by atoms with van der Waals surface area (Å²) in [6.07, 6.45) is -0.615. The fourth-order valence-electron chi connectivity index (χ4n) is 1.07. The molecule has 6 nitrogen and oxygen atoms in total. The van der Waals surface area contributed by atoms with Crippen molar-refractivity contribution in [3.63, 3.8) is 0 Å². The maximum Gasteiger partial charge on any atom is 0.332 e. The van der Waals surface area contributed by atoms with Crippen molar-refractivity contribution in [3.05, 3.63) is 0 Å². The van der Waals surface area contributed by atoms with Crippen LogP contribution in [0.15, 0.2) is 0 Å². The summed E-state index contributed by atoms with van der Waals surface area (Å²) in [6.45, 7) is 6.01.